The van der Waals surface area contributed by atoms with Crippen molar-refractivity contribution < 1.29 is 17.6 Å². The number of anilines is 1. The molecule has 0 saturated heterocycles. The number of aromatic nitrogens is 4. The number of aliphatic imine (C=N–C) groups is 1. The number of sulfonamides is 1. The van der Waals surface area contributed by atoms with Crippen molar-refractivity contribution >= 4 is 27.5 Å². The summed E-state index contributed by atoms with van der Waals surface area (Å²) in [5.41, 5.74) is 1.33. The predicted molar refractivity (Wildman–Crippen MR) is 115 cm³/mol. The fourth-order valence-corrected chi connectivity index (χ4v) is 4.25. The van der Waals surface area contributed by atoms with Gasteiger partial charge in [-0.25, -0.2) is 12.8 Å². The van der Waals surface area contributed by atoms with E-state index >= 15 is 0 Å². The van der Waals surface area contributed by atoms with Crippen molar-refractivity contribution in [3.05, 3.63) is 53.8 Å². The molecule has 2 aromatic carbocycles. The first-order valence-corrected chi connectivity index (χ1v) is 11.3. The lowest BCUT2D eigenvalue weighted by molar-refractivity contribution is -0.117. The van der Waals surface area contributed by atoms with Crippen LogP contribution >= 0.6 is 0 Å². The average molecular weight is 457 g/mol. The number of hydrogen-bond donors (Lipinski definition) is 2. The molecule has 0 fully saturated rings. The Morgan fingerprint density at radius 1 is 1.22 bits per heavy atom. The second-order valence-electron chi connectivity index (χ2n) is 7.22. The SMILES string of the molecule is Cc1cc(-c2nnn(CC(=O)Nc3cccc(S(=O)(=O)NC4=NCCC4)c3)n2)ccc1F. The highest BCUT2D eigenvalue weighted by atomic mass is 32.2. The van der Waals surface area contributed by atoms with Crippen LogP contribution in [0.1, 0.15) is 18.4 Å². The van der Waals surface area contributed by atoms with Gasteiger partial charge in [-0.05, 0) is 60.5 Å². The van der Waals surface area contributed by atoms with Gasteiger partial charge in [-0.2, -0.15) is 4.80 Å². The Morgan fingerprint density at radius 2 is 2.06 bits per heavy atom. The van der Waals surface area contributed by atoms with Crippen LogP contribution in [-0.2, 0) is 21.4 Å². The van der Waals surface area contributed by atoms with Gasteiger partial charge in [0.15, 0.2) is 0 Å². The number of benzene rings is 2. The molecule has 3 aromatic rings. The third-order valence-corrected chi connectivity index (χ3v) is 6.09. The first-order valence-electron chi connectivity index (χ1n) is 9.80. The Morgan fingerprint density at radius 3 is 2.81 bits per heavy atom. The zero-order valence-corrected chi connectivity index (χ0v) is 17.9. The predicted octanol–water partition coefficient (Wildman–Crippen LogP) is 1.90. The maximum Gasteiger partial charge on any atom is 0.262 e. The van der Waals surface area contributed by atoms with Crippen molar-refractivity contribution in [3.8, 4) is 11.4 Å². The number of hydrogen-bond acceptors (Lipinski definition) is 7. The van der Waals surface area contributed by atoms with Gasteiger partial charge in [-0.15, -0.1) is 10.2 Å². The van der Waals surface area contributed by atoms with Crippen molar-refractivity contribution in [1.29, 1.82) is 0 Å². The molecule has 1 aliphatic rings. The molecule has 0 atom stereocenters. The minimum absolute atomic E-state index is 0.0118. The molecule has 0 spiro atoms. The molecule has 1 aromatic heterocycles. The summed E-state index contributed by atoms with van der Waals surface area (Å²) >= 11 is 0. The highest BCUT2D eigenvalue weighted by Gasteiger charge is 2.19. The Balaban J connectivity index is 1.42. The number of carbonyl (C=O) groups is 1. The fraction of sp³-hybridized carbons (Fsp3) is 0.250. The van der Waals surface area contributed by atoms with E-state index in [-0.39, 0.29) is 23.1 Å². The molecule has 0 radical (unpaired) electrons. The molecule has 1 amide bonds. The molecular formula is C20H20FN7O3S. The van der Waals surface area contributed by atoms with Gasteiger partial charge in [0.1, 0.15) is 18.2 Å². The molecule has 0 unspecified atom stereocenters. The number of tetrazole rings is 1. The van der Waals surface area contributed by atoms with E-state index in [4.69, 9.17) is 0 Å². The molecule has 10 nitrogen and oxygen atoms in total. The van der Waals surface area contributed by atoms with E-state index in [2.05, 4.69) is 30.4 Å². The van der Waals surface area contributed by atoms with Crippen LogP contribution in [0.25, 0.3) is 11.4 Å². The molecule has 1 aliphatic heterocycles. The normalized spacial score (nSPS) is 13.6. The maximum atomic E-state index is 13.4. The van der Waals surface area contributed by atoms with Crippen LogP contribution < -0.4 is 10.0 Å². The monoisotopic (exact) mass is 457 g/mol. The Hall–Kier alpha value is -3.67. The summed E-state index contributed by atoms with van der Waals surface area (Å²) in [5, 5.41) is 14.5. The van der Waals surface area contributed by atoms with Crippen LogP contribution in [0.15, 0.2) is 52.4 Å². The number of nitrogens with zero attached hydrogens (tertiary/aromatic N) is 5. The van der Waals surface area contributed by atoms with Crippen LogP contribution in [0.5, 0.6) is 0 Å². The summed E-state index contributed by atoms with van der Waals surface area (Å²) in [6.07, 6.45) is 1.40. The number of rotatable bonds is 6. The van der Waals surface area contributed by atoms with Gasteiger partial charge in [0.25, 0.3) is 10.0 Å². The van der Waals surface area contributed by atoms with E-state index in [1.807, 2.05) is 0 Å². The largest absolute Gasteiger partial charge is 0.324 e. The van der Waals surface area contributed by atoms with Gasteiger partial charge in [0.05, 0.1) is 4.90 Å². The van der Waals surface area contributed by atoms with Gasteiger partial charge >= 0.3 is 0 Å². The van der Waals surface area contributed by atoms with Gasteiger partial charge in [-0.3, -0.25) is 14.5 Å². The third kappa shape index (κ3) is 4.97. The molecule has 2 heterocycles. The van der Waals surface area contributed by atoms with E-state index in [0.29, 0.717) is 35.6 Å². The van der Waals surface area contributed by atoms with Crippen LogP contribution in [0.2, 0.25) is 0 Å². The van der Waals surface area contributed by atoms with E-state index in [0.717, 1.165) is 11.2 Å². The second-order valence-corrected chi connectivity index (χ2v) is 8.90. The summed E-state index contributed by atoms with van der Waals surface area (Å²) in [5.74, 6) is -0.109. The van der Waals surface area contributed by atoms with Gasteiger partial charge in [0, 0.05) is 24.2 Å². The van der Waals surface area contributed by atoms with Crippen LogP contribution in [0, 0.1) is 12.7 Å². The minimum Gasteiger partial charge on any atom is -0.324 e. The standard InChI is InChI=1S/C20H20FN7O3S/c1-13-10-14(7-8-17(13)21)20-24-27-28(25-20)12-19(29)23-15-4-2-5-16(11-15)32(30,31)26-18-6-3-9-22-18/h2,4-5,7-8,10-11H,3,6,9,12H2,1H3,(H,22,26)(H,23,29). The number of aryl methyl sites for hydroxylation is 1. The summed E-state index contributed by atoms with van der Waals surface area (Å²) in [4.78, 5) is 17.6. The van der Waals surface area contributed by atoms with E-state index in [9.17, 15) is 17.6 Å². The molecule has 2 N–H and O–H groups in total. The molecule has 12 heteroatoms. The van der Waals surface area contributed by atoms with Crippen molar-refractivity contribution in [2.45, 2.75) is 31.2 Å². The highest BCUT2D eigenvalue weighted by molar-refractivity contribution is 7.90. The van der Waals surface area contributed by atoms with E-state index in [1.54, 1.807) is 19.1 Å². The minimum atomic E-state index is -3.79. The average Bonchev–Trinajstić information content (AvgIpc) is 3.42. The third-order valence-electron chi connectivity index (χ3n) is 4.71. The Kier molecular flexibility index (Phi) is 5.95. The zero-order valence-electron chi connectivity index (χ0n) is 17.1. The number of nitrogens with one attached hydrogen (secondary N) is 2. The van der Waals surface area contributed by atoms with Gasteiger partial charge in [0.2, 0.25) is 11.7 Å². The summed E-state index contributed by atoms with van der Waals surface area (Å²) in [6, 6.07) is 10.3. The maximum absolute atomic E-state index is 13.4. The van der Waals surface area contributed by atoms with Gasteiger partial charge < -0.3 is 5.32 Å². The summed E-state index contributed by atoms with van der Waals surface area (Å²) in [7, 11) is -3.79. The van der Waals surface area contributed by atoms with Crippen LogP contribution in [0.4, 0.5) is 10.1 Å². The first-order chi connectivity index (χ1) is 15.3. The van der Waals surface area contributed by atoms with E-state index in [1.165, 1.54) is 30.3 Å². The van der Waals surface area contributed by atoms with Crippen molar-refractivity contribution in [2.75, 3.05) is 11.9 Å². The van der Waals surface area contributed by atoms with E-state index < -0.39 is 15.9 Å². The smallest absolute Gasteiger partial charge is 0.262 e. The lowest BCUT2D eigenvalue weighted by Gasteiger charge is -2.10. The molecule has 4 rings (SSSR count). The number of carbonyl (C=O) groups excluding carboxylic acids is 1. The van der Waals surface area contributed by atoms with Crippen molar-refractivity contribution in [2.24, 2.45) is 4.99 Å². The number of amides is 1. The molecule has 32 heavy (non-hydrogen) atoms. The molecule has 0 aliphatic carbocycles. The number of halogens is 1. The zero-order chi connectivity index (χ0) is 22.7. The topological polar surface area (TPSA) is 131 Å². The fourth-order valence-electron chi connectivity index (χ4n) is 3.12. The summed E-state index contributed by atoms with van der Waals surface area (Å²) in [6.45, 7) is 1.99. The highest BCUT2D eigenvalue weighted by Crippen LogP contribution is 2.18. The first kappa shape index (κ1) is 21.6. The van der Waals surface area contributed by atoms with Crippen LogP contribution in [0.3, 0.4) is 0 Å². The number of amidine groups is 1. The second kappa shape index (κ2) is 8.83. The Bertz CT molecular complexity index is 1300. The quantitative estimate of drug-likeness (QED) is 0.581. The molecule has 0 saturated carbocycles. The Labute approximate surface area is 183 Å². The lowest BCUT2D eigenvalue weighted by atomic mass is 10.1. The lowest BCUT2D eigenvalue weighted by Crippen LogP contribution is -2.29. The molecular weight excluding hydrogens is 437 g/mol. The van der Waals surface area contributed by atoms with Crippen molar-refractivity contribution in [3.63, 3.8) is 0 Å². The van der Waals surface area contributed by atoms with Crippen LogP contribution in [-0.4, -0.2) is 46.9 Å². The molecule has 0 bridgehead atoms. The molecule has 166 valence electrons. The van der Waals surface area contributed by atoms with Gasteiger partial charge in [-0.1, -0.05) is 6.07 Å². The summed E-state index contributed by atoms with van der Waals surface area (Å²) < 4.78 is 41.0. The van der Waals surface area contributed by atoms with Crippen molar-refractivity contribution in [1.82, 2.24) is 24.9 Å².